The van der Waals surface area contributed by atoms with Gasteiger partial charge in [0.2, 0.25) is 0 Å². The largest absolute Gasteiger partial charge is 0.469 e. The van der Waals surface area contributed by atoms with Crippen molar-refractivity contribution in [3.63, 3.8) is 0 Å². The summed E-state index contributed by atoms with van der Waals surface area (Å²) in [6.45, 7) is 5.96. The van der Waals surface area contributed by atoms with E-state index in [0.29, 0.717) is 0 Å². The zero-order valence-corrected chi connectivity index (χ0v) is 27.8. The summed E-state index contributed by atoms with van der Waals surface area (Å²) in [5, 5.41) is 0. The van der Waals surface area contributed by atoms with Gasteiger partial charge >= 0.3 is 11.9 Å². The second-order valence-corrected chi connectivity index (χ2v) is 12.0. The summed E-state index contributed by atoms with van der Waals surface area (Å²) in [6.07, 6.45) is 38.8. The Morgan fingerprint density at radius 3 is 1.32 bits per heavy atom. The summed E-state index contributed by atoms with van der Waals surface area (Å²) in [6, 6.07) is 0. The van der Waals surface area contributed by atoms with Gasteiger partial charge in [-0.2, -0.15) is 0 Å². The van der Waals surface area contributed by atoms with Crippen molar-refractivity contribution in [1.29, 1.82) is 0 Å². The summed E-state index contributed by atoms with van der Waals surface area (Å²) in [5.41, 5.74) is 0. The summed E-state index contributed by atoms with van der Waals surface area (Å²) < 4.78 is 10.8. The monoisotopic (exact) mass is 577 g/mol. The molecule has 0 saturated heterocycles. The highest BCUT2D eigenvalue weighted by Gasteiger charge is 2.30. The quantitative estimate of drug-likeness (QED) is 0.0485. The first-order valence-corrected chi connectivity index (χ1v) is 17.6. The predicted molar refractivity (Wildman–Crippen MR) is 176 cm³/mol. The summed E-state index contributed by atoms with van der Waals surface area (Å²) >= 11 is 0. The van der Waals surface area contributed by atoms with Crippen molar-refractivity contribution in [1.82, 2.24) is 0 Å². The van der Waals surface area contributed by atoms with E-state index in [1.165, 1.54) is 130 Å². The molecule has 4 heteroatoms. The van der Waals surface area contributed by atoms with Gasteiger partial charge in [0.15, 0.2) is 0 Å². The number of unbranched alkanes of at least 4 members (excludes halogenated alkanes) is 19. The maximum atomic E-state index is 12.6. The Hall–Kier alpha value is -1.58. The van der Waals surface area contributed by atoms with Gasteiger partial charge in [-0.15, -0.1) is 0 Å². The van der Waals surface area contributed by atoms with Crippen molar-refractivity contribution in [3.8, 4) is 0 Å². The Labute approximate surface area is 255 Å². The van der Waals surface area contributed by atoms with Gasteiger partial charge in [0.05, 0.1) is 13.0 Å². The minimum Gasteiger partial charge on any atom is -0.469 e. The second kappa shape index (κ2) is 31.4. The van der Waals surface area contributed by atoms with Crippen LogP contribution in [0.15, 0.2) is 24.3 Å². The van der Waals surface area contributed by atoms with Crippen LogP contribution in [0, 0.1) is 5.92 Å². The van der Waals surface area contributed by atoms with E-state index >= 15 is 0 Å². The van der Waals surface area contributed by atoms with Crippen LogP contribution in [-0.4, -0.2) is 25.2 Å². The first-order chi connectivity index (χ1) is 20.1. The Morgan fingerprint density at radius 2 is 0.902 bits per heavy atom. The normalized spacial score (nSPS) is 13.2. The summed E-state index contributed by atoms with van der Waals surface area (Å²) in [7, 11) is 1.44. The molecule has 2 atom stereocenters. The van der Waals surface area contributed by atoms with Crippen molar-refractivity contribution in [2.24, 2.45) is 5.92 Å². The summed E-state index contributed by atoms with van der Waals surface area (Å²) in [4.78, 5) is 24.4. The maximum absolute atomic E-state index is 12.6. The van der Waals surface area contributed by atoms with Gasteiger partial charge in [0.25, 0.3) is 0 Å². The third kappa shape index (κ3) is 27.0. The van der Waals surface area contributed by atoms with Crippen LogP contribution in [0.1, 0.15) is 181 Å². The molecule has 0 bridgehead atoms. The minimum atomic E-state index is -0.375. The third-order valence-electron chi connectivity index (χ3n) is 8.05. The Balaban J connectivity index is 4.16. The molecule has 0 saturated carbocycles. The molecule has 0 radical (unpaired) electrons. The smallest absolute Gasteiger partial charge is 0.312 e. The van der Waals surface area contributed by atoms with Crippen LogP contribution in [-0.2, 0) is 19.1 Å². The SMILES string of the molecule is CCCCCC/C=C\CCCCCCC[C@H](OC(C)=O)[C@H](CCCCCC/C=C\CCCCCCCC)C(=O)OC. The van der Waals surface area contributed by atoms with Crippen LogP contribution in [0.5, 0.6) is 0 Å². The molecule has 41 heavy (non-hydrogen) atoms. The van der Waals surface area contributed by atoms with Gasteiger partial charge in [-0.05, 0) is 70.6 Å². The number of rotatable bonds is 30. The lowest BCUT2D eigenvalue weighted by Crippen LogP contribution is -2.33. The van der Waals surface area contributed by atoms with Gasteiger partial charge in [-0.1, -0.05) is 128 Å². The van der Waals surface area contributed by atoms with E-state index in [9.17, 15) is 9.59 Å². The molecule has 0 aliphatic rings. The lowest BCUT2D eigenvalue weighted by Gasteiger charge is -2.25. The lowest BCUT2D eigenvalue weighted by atomic mass is 9.91. The maximum Gasteiger partial charge on any atom is 0.312 e. The number of hydrogen-bond donors (Lipinski definition) is 0. The molecular weight excluding hydrogens is 508 g/mol. The molecule has 0 heterocycles. The molecule has 0 unspecified atom stereocenters. The van der Waals surface area contributed by atoms with Crippen molar-refractivity contribution in [2.45, 2.75) is 187 Å². The van der Waals surface area contributed by atoms with E-state index < -0.39 is 0 Å². The molecular formula is C37H68O4. The van der Waals surface area contributed by atoms with Gasteiger partial charge in [-0.25, -0.2) is 0 Å². The second-order valence-electron chi connectivity index (χ2n) is 12.0. The molecule has 0 aromatic heterocycles. The molecule has 0 aromatic carbocycles. The predicted octanol–water partition coefficient (Wildman–Crippen LogP) is 11.6. The van der Waals surface area contributed by atoms with Gasteiger partial charge in [0.1, 0.15) is 6.10 Å². The van der Waals surface area contributed by atoms with E-state index in [2.05, 4.69) is 38.2 Å². The number of hydrogen-bond acceptors (Lipinski definition) is 4. The van der Waals surface area contributed by atoms with Gasteiger partial charge in [0, 0.05) is 6.92 Å². The van der Waals surface area contributed by atoms with Crippen LogP contribution >= 0.6 is 0 Å². The molecule has 0 aliphatic carbocycles. The van der Waals surface area contributed by atoms with Crippen LogP contribution in [0.4, 0.5) is 0 Å². The van der Waals surface area contributed by atoms with E-state index in [4.69, 9.17) is 9.47 Å². The Morgan fingerprint density at radius 1 is 0.537 bits per heavy atom. The highest BCUT2D eigenvalue weighted by molar-refractivity contribution is 5.74. The van der Waals surface area contributed by atoms with Crippen molar-refractivity contribution >= 4 is 11.9 Å². The van der Waals surface area contributed by atoms with E-state index in [1.807, 2.05) is 0 Å². The number of methoxy groups -OCH3 is 1. The standard InChI is InChI=1S/C37H68O4/c1-5-7-9-11-13-15-17-19-21-22-24-26-28-30-32-35(37(39)40-4)36(41-34(3)38)33-31-29-27-25-23-20-18-16-14-12-10-8-6-2/h16,18-19,21,35-36H,5-15,17,20,22-33H2,1-4H3/b18-16-,21-19-/t35-,36-/m0/s1. The Bertz CT molecular complexity index is 639. The van der Waals surface area contributed by atoms with Crippen LogP contribution in [0.25, 0.3) is 0 Å². The molecule has 0 aliphatic heterocycles. The van der Waals surface area contributed by atoms with E-state index in [-0.39, 0.29) is 24.0 Å². The fraction of sp³-hybridized carbons (Fsp3) is 0.838. The Kier molecular flexibility index (Phi) is 30.1. The summed E-state index contributed by atoms with van der Waals surface area (Å²) in [5.74, 6) is -0.905. The number of carbonyl (C=O) groups is 2. The topological polar surface area (TPSA) is 52.6 Å². The molecule has 0 fully saturated rings. The molecule has 240 valence electrons. The highest BCUT2D eigenvalue weighted by Crippen LogP contribution is 2.24. The number of carbonyl (C=O) groups excluding carboxylic acids is 2. The number of allylic oxidation sites excluding steroid dienone is 4. The zero-order valence-electron chi connectivity index (χ0n) is 27.8. The first kappa shape index (κ1) is 39.4. The molecule has 4 nitrogen and oxygen atoms in total. The third-order valence-corrected chi connectivity index (χ3v) is 8.05. The van der Waals surface area contributed by atoms with Crippen molar-refractivity contribution in [2.75, 3.05) is 7.11 Å². The number of ether oxygens (including phenoxy) is 2. The van der Waals surface area contributed by atoms with Gasteiger partial charge in [-0.3, -0.25) is 9.59 Å². The van der Waals surface area contributed by atoms with Crippen LogP contribution < -0.4 is 0 Å². The fourth-order valence-electron chi connectivity index (χ4n) is 5.48. The first-order valence-electron chi connectivity index (χ1n) is 17.6. The average Bonchev–Trinajstić information content (AvgIpc) is 2.96. The average molecular weight is 577 g/mol. The van der Waals surface area contributed by atoms with E-state index in [1.54, 1.807) is 0 Å². The number of esters is 2. The fourth-order valence-corrected chi connectivity index (χ4v) is 5.48. The van der Waals surface area contributed by atoms with E-state index in [0.717, 1.165) is 44.9 Å². The highest BCUT2D eigenvalue weighted by atomic mass is 16.6. The van der Waals surface area contributed by atoms with Crippen LogP contribution in [0.3, 0.4) is 0 Å². The zero-order chi connectivity index (χ0) is 30.2. The van der Waals surface area contributed by atoms with Crippen molar-refractivity contribution in [3.05, 3.63) is 24.3 Å². The molecule has 0 N–H and O–H groups in total. The lowest BCUT2D eigenvalue weighted by molar-refractivity contribution is -0.160. The molecule has 0 amide bonds. The molecule has 0 aromatic rings. The van der Waals surface area contributed by atoms with Gasteiger partial charge < -0.3 is 9.47 Å². The molecule has 0 spiro atoms. The molecule has 0 rings (SSSR count). The van der Waals surface area contributed by atoms with Crippen LogP contribution in [0.2, 0.25) is 0 Å². The minimum absolute atomic E-state index is 0.240. The van der Waals surface area contributed by atoms with Crippen molar-refractivity contribution < 1.29 is 19.1 Å².